The number of H-pyrrole nitrogens is 1. The van der Waals surface area contributed by atoms with Gasteiger partial charge in [0, 0.05) is 29.6 Å². The van der Waals surface area contributed by atoms with Crippen LogP contribution in [0.25, 0.3) is 10.9 Å². The number of hydrogen-bond donors (Lipinski definition) is 2. The SMILES string of the molecule is O=C(Cc1c[nH]c2ccccc12)NCC1COc2ccccc2C1. The van der Waals surface area contributed by atoms with Crippen LogP contribution in [0.1, 0.15) is 11.1 Å². The molecular weight excluding hydrogens is 300 g/mol. The van der Waals surface area contributed by atoms with E-state index in [0.717, 1.165) is 28.6 Å². The van der Waals surface area contributed by atoms with Crippen LogP contribution in [0.15, 0.2) is 54.7 Å². The predicted molar refractivity (Wildman–Crippen MR) is 94.1 cm³/mol. The predicted octanol–water partition coefficient (Wildman–Crippen LogP) is 3.08. The molecule has 4 rings (SSSR count). The summed E-state index contributed by atoms with van der Waals surface area (Å²) < 4.78 is 5.78. The molecule has 4 heteroatoms. The number of carbonyl (C=O) groups is 1. The lowest BCUT2D eigenvalue weighted by Crippen LogP contribution is -2.35. The van der Waals surface area contributed by atoms with Crippen molar-refractivity contribution in [3.05, 3.63) is 65.9 Å². The molecule has 2 N–H and O–H groups in total. The quantitative estimate of drug-likeness (QED) is 0.776. The number of hydrogen-bond acceptors (Lipinski definition) is 2. The van der Waals surface area contributed by atoms with Gasteiger partial charge < -0.3 is 15.0 Å². The Kier molecular flexibility index (Phi) is 3.95. The first-order valence-corrected chi connectivity index (χ1v) is 8.32. The van der Waals surface area contributed by atoms with E-state index >= 15 is 0 Å². The number of rotatable bonds is 4. The van der Waals surface area contributed by atoms with Gasteiger partial charge in [0.15, 0.2) is 0 Å². The number of benzene rings is 2. The molecule has 1 aliphatic rings. The van der Waals surface area contributed by atoms with Crippen molar-refractivity contribution in [3.63, 3.8) is 0 Å². The van der Waals surface area contributed by atoms with Gasteiger partial charge in [-0.05, 0) is 29.7 Å². The zero-order valence-corrected chi connectivity index (χ0v) is 13.4. The summed E-state index contributed by atoms with van der Waals surface area (Å²) >= 11 is 0. The van der Waals surface area contributed by atoms with Gasteiger partial charge in [-0.2, -0.15) is 0 Å². The highest BCUT2D eigenvalue weighted by molar-refractivity contribution is 5.88. The van der Waals surface area contributed by atoms with Crippen LogP contribution in [-0.2, 0) is 17.6 Å². The minimum atomic E-state index is 0.0543. The largest absolute Gasteiger partial charge is 0.493 e. The maximum Gasteiger partial charge on any atom is 0.224 e. The molecule has 24 heavy (non-hydrogen) atoms. The van der Waals surface area contributed by atoms with Crippen molar-refractivity contribution in [2.24, 2.45) is 5.92 Å². The summed E-state index contributed by atoms with van der Waals surface area (Å²) in [5.41, 5.74) is 3.32. The van der Waals surface area contributed by atoms with Crippen LogP contribution in [0, 0.1) is 5.92 Å². The van der Waals surface area contributed by atoms with Crippen molar-refractivity contribution in [2.45, 2.75) is 12.8 Å². The second kappa shape index (κ2) is 6.40. The first kappa shape index (κ1) is 14.8. The van der Waals surface area contributed by atoms with Crippen molar-refractivity contribution >= 4 is 16.8 Å². The van der Waals surface area contributed by atoms with E-state index in [1.807, 2.05) is 48.7 Å². The molecule has 122 valence electrons. The number of carbonyl (C=O) groups excluding carboxylic acids is 1. The number of aromatic nitrogens is 1. The van der Waals surface area contributed by atoms with Gasteiger partial charge in [0.05, 0.1) is 13.0 Å². The Balaban J connectivity index is 1.34. The van der Waals surface area contributed by atoms with Gasteiger partial charge in [-0.15, -0.1) is 0 Å². The molecule has 2 heterocycles. The fourth-order valence-corrected chi connectivity index (χ4v) is 3.29. The summed E-state index contributed by atoms with van der Waals surface area (Å²) in [5, 5.41) is 4.17. The highest BCUT2D eigenvalue weighted by atomic mass is 16.5. The van der Waals surface area contributed by atoms with E-state index in [4.69, 9.17) is 4.74 Å². The Morgan fingerprint density at radius 3 is 2.96 bits per heavy atom. The van der Waals surface area contributed by atoms with Gasteiger partial charge in [-0.1, -0.05) is 36.4 Å². The van der Waals surface area contributed by atoms with Gasteiger partial charge in [-0.3, -0.25) is 4.79 Å². The molecule has 2 aromatic carbocycles. The number of fused-ring (bicyclic) bond motifs is 2. The van der Waals surface area contributed by atoms with Crippen LogP contribution in [-0.4, -0.2) is 24.0 Å². The molecule has 3 aromatic rings. The van der Waals surface area contributed by atoms with E-state index in [1.54, 1.807) is 0 Å². The van der Waals surface area contributed by atoms with Gasteiger partial charge >= 0.3 is 0 Å². The lowest BCUT2D eigenvalue weighted by molar-refractivity contribution is -0.120. The average molecular weight is 320 g/mol. The van der Waals surface area contributed by atoms with Crippen LogP contribution >= 0.6 is 0 Å². The lowest BCUT2D eigenvalue weighted by atomic mass is 9.96. The van der Waals surface area contributed by atoms with Gasteiger partial charge in [-0.25, -0.2) is 0 Å². The van der Waals surface area contributed by atoms with Crippen molar-refractivity contribution in [1.82, 2.24) is 10.3 Å². The van der Waals surface area contributed by atoms with Crippen LogP contribution in [0.3, 0.4) is 0 Å². The summed E-state index contributed by atoms with van der Waals surface area (Å²) in [6, 6.07) is 16.2. The number of amides is 1. The first-order valence-electron chi connectivity index (χ1n) is 8.32. The summed E-state index contributed by atoms with van der Waals surface area (Å²) in [6.45, 7) is 1.31. The first-order chi connectivity index (χ1) is 11.8. The van der Waals surface area contributed by atoms with E-state index in [0.29, 0.717) is 25.5 Å². The smallest absolute Gasteiger partial charge is 0.224 e. The fraction of sp³-hybridized carbons (Fsp3) is 0.250. The van der Waals surface area contributed by atoms with Crippen LogP contribution < -0.4 is 10.1 Å². The molecule has 1 aliphatic heterocycles. The van der Waals surface area contributed by atoms with Crippen molar-refractivity contribution in [1.29, 1.82) is 0 Å². The molecule has 1 atom stereocenters. The van der Waals surface area contributed by atoms with E-state index in [9.17, 15) is 4.79 Å². The second-order valence-electron chi connectivity index (χ2n) is 6.33. The summed E-state index contributed by atoms with van der Waals surface area (Å²) in [7, 11) is 0. The molecule has 1 aromatic heterocycles. The molecule has 0 saturated heterocycles. The van der Waals surface area contributed by atoms with Crippen molar-refractivity contribution in [3.8, 4) is 5.75 Å². The third kappa shape index (κ3) is 3.00. The minimum Gasteiger partial charge on any atom is -0.493 e. The molecule has 0 aliphatic carbocycles. The maximum absolute atomic E-state index is 12.3. The number of ether oxygens (including phenoxy) is 1. The summed E-state index contributed by atoms with van der Waals surface area (Å²) in [5.74, 6) is 1.35. The molecule has 1 amide bonds. The zero-order valence-electron chi connectivity index (χ0n) is 13.4. The maximum atomic E-state index is 12.3. The van der Waals surface area contributed by atoms with Gasteiger partial charge in [0.25, 0.3) is 0 Å². The molecule has 0 spiro atoms. The molecule has 1 unspecified atom stereocenters. The Morgan fingerprint density at radius 2 is 2.00 bits per heavy atom. The molecule has 0 radical (unpaired) electrons. The summed E-state index contributed by atoms with van der Waals surface area (Å²) in [4.78, 5) is 15.5. The fourth-order valence-electron chi connectivity index (χ4n) is 3.29. The van der Waals surface area contributed by atoms with Crippen LogP contribution in [0.2, 0.25) is 0 Å². The van der Waals surface area contributed by atoms with Gasteiger partial charge in [0.1, 0.15) is 5.75 Å². The summed E-state index contributed by atoms with van der Waals surface area (Å²) in [6.07, 6.45) is 3.27. The Hall–Kier alpha value is -2.75. The number of para-hydroxylation sites is 2. The normalized spacial score (nSPS) is 16.4. The number of nitrogens with one attached hydrogen (secondary N) is 2. The van der Waals surface area contributed by atoms with E-state index < -0.39 is 0 Å². The molecule has 0 bridgehead atoms. The van der Waals surface area contributed by atoms with Crippen LogP contribution in [0.4, 0.5) is 0 Å². The van der Waals surface area contributed by atoms with E-state index in [2.05, 4.69) is 16.4 Å². The minimum absolute atomic E-state index is 0.0543. The highest BCUT2D eigenvalue weighted by Gasteiger charge is 2.20. The molecule has 4 nitrogen and oxygen atoms in total. The Morgan fingerprint density at radius 1 is 1.17 bits per heavy atom. The standard InChI is InChI=1S/C20H20N2O2/c23-20(10-16-12-21-18-7-3-2-6-17(16)18)22-11-14-9-15-5-1-4-8-19(15)24-13-14/h1-8,12,14,21H,9-11,13H2,(H,22,23). The monoisotopic (exact) mass is 320 g/mol. The second-order valence-corrected chi connectivity index (χ2v) is 6.33. The van der Waals surface area contributed by atoms with Crippen LogP contribution in [0.5, 0.6) is 5.75 Å². The Labute approximate surface area is 140 Å². The molecular formula is C20H20N2O2. The van der Waals surface area contributed by atoms with Gasteiger partial charge in [0.2, 0.25) is 5.91 Å². The topological polar surface area (TPSA) is 54.1 Å². The zero-order chi connectivity index (χ0) is 16.4. The van der Waals surface area contributed by atoms with E-state index in [-0.39, 0.29) is 5.91 Å². The third-order valence-electron chi connectivity index (χ3n) is 4.57. The number of aromatic amines is 1. The van der Waals surface area contributed by atoms with Crippen molar-refractivity contribution < 1.29 is 9.53 Å². The molecule has 0 fully saturated rings. The average Bonchev–Trinajstić information content (AvgIpc) is 3.03. The Bertz CT molecular complexity index is 869. The lowest BCUT2D eigenvalue weighted by Gasteiger charge is -2.25. The van der Waals surface area contributed by atoms with Crippen molar-refractivity contribution in [2.75, 3.05) is 13.2 Å². The third-order valence-corrected chi connectivity index (χ3v) is 4.57. The molecule has 0 saturated carbocycles. The highest BCUT2D eigenvalue weighted by Crippen LogP contribution is 2.26. The van der Waals surface area contributed by atoms with E-state index in [1.165, 1.54) is 5.56 Å².